The van der Waals surface area contributed by atoms with Crippen LogP contribution in [0.1, 0.15) is 11.6 Å². The van der Waals surface area contributed by atoms with E-state index in [0.29, 0.717) is 16.6 Å². The number of hydrogen-bond acceptors (Lipinski definition) is 11. The van der Waals surface area contributed by atoms with Crippen molar-refractivity contribution in [2.75, 3.05) is 12.1 Å². The lowest BCUT2D eigenvalue weighted by Gasteiger charge is -2.27. The van der Waals surface area contributed by atoms with Crippen molar-refractivity contribution in [2.24, 2.45) is 15.8 Å². The summed E-state index contributed by atoms with van der Waals surface area (Å²) in [5.74, 6) is 0.529. The number of aliphatic imine (C=N–C) groups is 1. The zero-order chi connectivity index (χ0) is 21.6. The molecule has 0 bridgehead atoms. The Morgan fingerprint density at radius 1 is 1.20 bits per heavy atom. The molecule has 13 heteroatoms. The molecule has 0 fully saturated rings. The van der Waals surface area contributed by atoms with Gasteiger partial charge in [-0.05, 0) is 23.8 Å². The van der Waals surface area contributed by atoms with Crippen molar-refractivity contribution in [3.63, 3.8) is 0 Å². The molecule has 2 aliphatic heterocycles. The predicted octanol–water partition coefficient (Wildman–Crippen LogP) is 2.52. The van der Waals surface area contributed by atoms with Crippen LogP contribution in [0.25, 0.3) is 0 Å². The van der Waals surface area contributed by atoms with Crippen molar-refractivity contribution in [2.45, 2.75) is 11.3 Å². The molecule has 0 unspecified atom stereocenters. The number of nitrogens with zero attached hydrogens (tertiary/aromatic N) is 5. The molecule has 30 heavy (non-hydrogen) atoms. The second-order valence-electron chi connectivity index (χ2n) is 6.35. The molecule has 0 saturated carbocycles. The number of nitrogens with two attached hydrogens (primary N) is 1. The van der Waals surface area contributed by atoms with Crippen LogP contribution in [0.4, 0.5) is 17.1 Å². The number of nitro benzene ring substituents is 2. The van der Waals surface area contributed by atoms with E-state index in [1.807, 2.05) is 0 Å². The molecule has 2 heterocycles. The summed E-state index contributed by atoms with van der Waals surface area (Å²) in [6.07, 6.45) is 0. The van der Waals surface area contributed by atoms with Gasteiger partial charge in [0.25, 0.3) is 5.69 Å². The molecule has 2 atom stereocenters. The molecule has 0 aromatic heterocycles. The predicted molar refractivity (Wildman–Crippen MR) is 110 cm³/mol. The highest BCUT2D eigenvalue weighted by molar-refractivity contribution is 8.15. The van der Waals surface area contributed by atoms with Crippen LogP contribution in [0.15, 0.2) is 46.5 Å². The van der Waals surface area contributed by atoms with E-state index in [-0.39, 0.29) is 22.4 Å². The fourth-order valence-electron chi connectivity index (χ4n) is 3.33. The van der Waals surface area contributed by atoms with Crippen LogP contribution in [0.3, 0.4) is 0 Å². The topological polar surface area (TPSA) is 170 Å². The molecular formula is C17H14N6O6S. The normalized spacial score (nSPS) is 19.8. The zero-order valence-corrected chi connectivity index (χ0v) is 16.1. The van der Waals surface area contributed by atoms with Crippen molar-refractivity contribution < 1.29 is 19.7 Å². The number of ether oxygens (including phenoxy) is 1. The van der Waals surface area contributed by atoms with Gasteiger partial charge in [0.1, 0.15) is 10.9 Å². The van der Waals surface area contributed by atoms with E-state index >= 15 is 0 Å². The minimum Gasteiger partial charge on any atom is -0.504 e. The first-order chi connectivity index (χ1) is 14.3. The second kappa shape index (κ2) is 7.18. The number of non-ortho nitro benzene ring substituents is 1. The van der Waals surface area contributed by atoms with Gasteiger partial charge in [-0.1, -0.05) is 17.8 Å². The van der Waals surface area contributed by atoms with Gasteiger partial charge in [0, 0.05) is 6.07 Å². The number of nitro groups is 2. The SMILES string of the molecule is COc1cc([C@H]2[C@H]3SC(N)=NC3=NN2c2ccc([N+](=O)[O-])cc2[N+](=O)[O-])ccc1O. The van der Waals surface area contributed by atoms with Crippen LogP contribution in [0.2, 0.25) is 0 Å². The smallest absolute Gasteiger partial charge is 0.301 e. The average Bonchev–Trinajstić information content (AvgIpc) is 3.23. The summed E-state index contributed by atoms with van der Waals surface area (Å²) in [7, 11) is 1.40. The monoisotopic (exact) mass is 430 g/mol. The standard InChI is InChI=1S/C17H14N6O6S/c1-29-13-6-8(2-5-12(13)24)14-15-16(19-17(18)30-15)20-21(14)10-4-3-9(22(25)26)7-11(10)23(27)28/h2-7,14-15,24H,1H3,(H2,18,19,20)/t14-,15+/m0/s1. The van der Waals surface area contributed by atoms with Crippen LogP contribution in [0.5, 0.6) is 11.5 Å². The Balaban J connectivity index is 1.87. The minimum atomic E-state index is -0.704. The number of anilines is 1. The Labute approximate surface area is 172 Å². The fourth-order valence-corrected chi connectivity index (χ4v) is 4.35. The van der Waals surface area contributed by atoms with Gasteiger partial charge in [-0.3, -0.25) is 20.2 Å². The number of thioether (sulfide) groups is 1. The Morgan fingerprint density at radius 2 is 1.97 bits per heavy atom. The summed E-state index contributed by atoms with van der Waals surface area (Å²) >= 11 is 1.25. The molecule has 154 valence electrons. The fraction of sp³-hybridized carbons (Fsp3) is 0.176. The minimum absolute atomic E-state index is 0.0666. The lowest BCUT2D eigenvalue weighted by molar-refractivity contribution is -0.393. The molecule has 4 rings (SSSR count). The third-order valence-electron chi connectivity index (χ3n) is 4.65. The number of phenolic OH excluding ortho intramolecular Hbond substituents is 1. The first-order valence-corrected chi connectivity index (χ1v) is 9.36. The van der Waals surface area contributed by atoms with E-state index in [1.165, 1.54) is 42.1 Å². The van der Waals surface area contributed by atoms with Gasteiger partial charge in [-0.2, -0.15) is 5.10 Å². The van der Waals surface area contributed by atoms with Gasteiger partial charge in [-0.25, -0.2) is 10.0 Å². The molecule has 2 aromatic carbocycles. The second-order valence-corrected chi connectivity index (χ2v) is 7.52. The number of fused-ring (bicyclic) bond motifs is 1. The average molecular weight is 430 g/mol. The summed E-state index contributed by atoms with van der Waals surface area (Å²) in [6.45, 7) is 0. The third-order valence-corrected chi connectivity index (χ3v) is 5.70. The quantitative estimate of drug-likeness (QED) is 0.534. The molecule has 0 amide bonds. The van der Waals surface area contributed by atoms with Gasteiger partial charge < -0.3 is 15.6 Å². The lowest BCUT2D eigenvalue weighted by atomic mass is 10.0. The molecule has 0 aliphatic carbocycles. The summed E-state index contributed by atoms with van der Waals surface area (Å²) in [4.78, 5) is 25.5. The van der Waals surface area contributed by atoms with Gasteiger partial charge in [0.15, 0.2) is 22.5 Å². The van der Waals surface area contributed by atoms with Crippen molar-refractivity contribution >= 4 is 39.8 Å². The highest BCUT2D eigenvalue weighted by Gasteiger charge is 2.45. The van der Waals surface area contributed by atoms with E-state index in [4.69, 9.17) is 10.5 Å². The van der Waals surface area contributed by atoms with Crippen molar-refractivity contribution in [3.05, 3.63) is 62.2 Å². The number of phenols is 1. The Hall–Kier alpha value is -3.87. The van der Waals surface area contributed by atoms with E-state index in [0.717, 1.165) is 6.07 Å². The molecule has 2 aliphatic rings. The summed E-state index contributed by atoms with van der Waals surface area (Å²) in [5, 5.41) is 38.4. The Morgan fingerprint density at radius 3 is 2.63 bits per heavy atom. The number of hydrazone groups is 1. The van der Waals surface area contributed by atoms with Gasteiger partial charge in [-0.15, -0.1) is 0 Å². The van der Waals surface area contributed by atoms with Crippen molar-refractivity contribution in [1.82, 2.24) is 0 Å². The highest BCUT2D eigenvalue weighted by atomic mass is 32.2. The largest absolute Gasteiger partial charge is 0.504 e. The molecule has 12 nitrogen and oxygen atoms in total. The van der Waals surface area contributed by atoms with Crippen LogP contribution in [-0.4, -0.2) is 38.3 Å². The molecule has 0 spiro atoms. The zero-order valence-electron chi connectivity index (χ0n) is 15.3. The number of methoxy groups -OCH3 is 1. The maximum atomic E-state index is 11.6. The number of hydrogen-bond donors (Lipinski definition) is 2. The molecule has 0 radical (unpaired) electrons. The number of amidine groups is 2. The van der Waals surface area contributed by atoms with E-state index in [9.17, 15) is 25.3 Å². The highest BCUT2D eigenvalue weighted by Crippen LogP contribution is 2.47. The van der Waals surface area contributed by atoms with E-state index in [1.54, 1.807) is 12.1 Å². The molecule has 0 saturated heterocycles. The summed E-state index contributed by atoms with van der Waals surface area (Å²) in [6, 6.07) is 7.45. The van der Waals surface area contributed by atoms with Gasteiger partial charge >= 0.3 is 5.69 Å². The third kappa shape index (κ3) is 3.14. The van der Waals surface area contributed by atoms with Crippen LogP contribution in [0, 0.1) is 20.2 Å². The van der Waals surface area contributed by atoms with Crippen molar-refractivity contribution in [3.8, 4) is 11.5 Å². The Kier molecular flexibility index (Phi) is 4.66. The van der Waals surface area contributed by atoms with Gasteiger partial charge in [0.2, 0.25) is 0 Å². The lowest BCUT2D eigenvalue weighted by Crippen LogP contribution is -2.27. The number of benzene rings is 2. The summed E-state index contributed by atoms with van der Waals surface area (Å²) < 4.78 is 5.17. The Bertz CT molecular complexity index is 1140. The van der Waals surface area contributed by atoms with E-state index in [2.05, 4.69) is 10.1 Å². The van der Waals surface area contributed by atoms with Crippen LogP contribution in [-0.2, 0) is 0 Å². The van der Waals surface area contributed by atoms with E-state index < -0.39 is 27.3 Å². The molecular weight excluding hydrogens is 416 g/mol. The number of rotatable bonds is 5. The maximum absolute atomic E-state index is 11.6. The van der Waals surface area contributed by atoms with Crippen LogP contribution >= 0.6 is 11.8 Å². The molecule has 2 aromatic rings. The number of aromatic hydroxyl groups is 1. The molecule has 3 N–H and O–H groups in total. The first kappa shape index (κ1) is 19.4. The maximum Gasteiger partial charge on any atom is 0.301 e. The van der Waals surface area contributed by atoms with Gasteiger partial charge in [0.05, 0.1) is 29.1 Å². The van der Waals surface area contributed by atoms with Crippen LogP contribution < -0.4 is 15.5 Å². The summed E-state index contributed by atoms with van der Waals surface area (Å²) in [5.41, 5.74) is 5.66. The first-order valence-electron chi connectivity index (χ1n) is 8.48. The van der Waals surface area contributed by atoms with Crippen molar-refractivity contribution in [1.29, 1.82) is 0 Å².